The van der Waals surface area contributed by atoms with Gasteiger partial charge >= 0.3 is 5.97 Å². The lowest BCUT2D eigenvalue weighted by Crippen LogP contribution is -2.43. The quantitative estimate of drug-likeness (QED) is 0.746. The molecule has 4 nitrogen and oxygen atoms in total. The van der Waals surface area contributed by atoms with Crippen LogP contribution in [0.2, 0.25) is 0 Å². The van der Waals surface area contributed by atoms with Crippen LogP contribution in [0.5, 0.6) is 0 Å². The van der Waals surface area contributed by atoms with Crippen molar-refractivity contribution >= 4 is 16.8 Å². The molecule has 0 saturated carbocycles. The zero-order valence-electron chi connectivity index (χ0n) is 9.28. The Hall–Kier alpha value is -0.420. The van der Waals surface area contributed by atoms with Gasteiger partial charge in [-0.2, -0.15) is 0 Å². The molecule has 1 saturated heterocycles. The van der Waals surface area contributed by atoms with E-state index in [9.17, 15) is 9.00 Å². The molecule has 1 fully saturated rings. The van der Waals surface area contributed by atoms with Crippen LogP contribution in [-0.2, 0) is 15.6 Å². The van der Waals surface area contributed by atoms with Crippen molar-refractivity contribution in [2.75, 3.05) is 18.1 Å². The van der Waals surface area contributed by atoms with Crippen molar-refractivity contribution in [2.45, 2.75) is 32.7 Å². The minimum absolute atomic E-state index is 0.335. The Morgan fingerprint density at radius 2 is 2.00 bits per heavy atom. The van der Waals surface area contributed by atoms with E-state index >= 15 is 0 Å². The Labute approximate surface area is 92.9 Å². The van der Waals surface area contributed by atoms with Crippen molar-refractivity contribution < 1.29 is 14.1 Å². The topological polar surface area (TPSA) is 66.4 Å². The Balaban J connectivity index is 2.31. The van der Waals surface area contributed by atoms with Gasteiger partial charge in [0, 0.05) is 34.9 Å². The van der Waals surface area contributed by atoms with Crippen molar-refractivity contribution in [3.8, 4) is 0 Å². The molecule has 1 aliphatic heterocycles. The number of carbonyl (C=O) groups is 1. The van der Waals surface area contributed by atoms with Gasteiger partial charge in [0.2, 0.25) is 0 Å². The average molecular weight is 233 g/mol. The summed E-state index contributed by atoms with van der Waals surface area (Å²) >= 11 is 0. The first-order valence-electron chi connectivity index (χ1n) is 5.23. The molecule has 0 unspecified atom stereocenters. The summed E-state index contributed by atoms with van der Waals surface area (Å²) in [6, 6.07) is 0.335. The van der Waals surface area contributed by atoms with Crippen LogP contribution in [0.15, 0.2) is 0 Å². The molecule has 1 aliphatic rings. The largest absolute Gasteiger partial charge is 0.481 e. The molecule has 15 heavy (non-hydrogen) atoms. The molecule has 0 aromatic carbocycles. The van der Waals surface area contributed by atoms with E-state index in [1.54, 1.807) is 13.8 Å². The molecule has 0 atom stereocenters. The minimum atomic E-state index is -0.783. The van der Waals surface area contributed by atoms with Crippen molar-refractivity contribution in [3.63, 3.8) is 0 Å². The molecule has 0 spiro atoms. The van der Waals surface area contributed by atoms with Gasteiger partial charge in [0.15, 0.2) is 0 Å². The number of carboxylic acid groups (broad SMARTS) is 1. The van der Waals surface area contributed by atoms with Crippen molar-refractivity contribution in [1.29, 1.82) is 0 Å². The zero-order valence-corrected chi connectivity index (χ0v) is 10.1. The number of hydrogen-bond acceptors (Lipinski definition) is 3. The second-order valence-corrected chi connectivity index (χ2v) is 6.39. The normalized spacial score (nSPS) is 27.6. The smallest absolute Gasteiger partial charge is 0.310 e. The molecular weight excluding hydrogens is 214 g/mol. The molecule has 5 heteroatoms. The zero-order chi connectivity index (χ0) is 11.5. The van der Waals surface area contributed by atoms with E-state index in [0.29, 0.717) is 12.6 Å². The highest BCUT2D eigenvalue weighted by Gasteiger charge is 2.28. The van der Waals surface area contributed by atoms with E-state index in [2.05, 4.69) is 5.32 Å². The van der Waals surface area contributed by atoms with Gasteiger partial charge in [-0.05, 0) is 26.7 Å². The molecule has 88 valence electrons. The highest BCUT2D eigenvalue weighted by molar-refractivity contribution is 7.85. The molecule has 0 amide bonds. The first-order valence-corrected chi connectivity index (χ1v) is 6.72. The minimum Gasteiger partial charge on any atom is -0.481 e. The summed E-state index contributed by atoms with van der Waals surface area (Å²) in [5.74, 6) is 0.699. The van der Waals surface area contributed by atoms with E-state index in [0.717, 1.165) is 24.3 Å². The summed E-state index contributed by atoms with van der Waals surface area (Å²) < 4.78 is 11.1. The van der Waals surface area contributed by atoms with E-state index in [1.165, 1.54) is 0 Å². The first kappa shape index (κ1) is 12.6. The van der Waals surface area contributed by atoms with Gasteiger partial charge in [0.25, 0.3) is 0 Å². The van der Waals surface area contributed by atoms with Crippen LogP contribution in [0.1, 0.15) is 26.7 Å². The lowest BCUT2D eigenvalue weighted by Gasteiger charge is -2.27. The van der Waals surface area contributed by atoms with Crippen LogP contribution in [0.4, 0.5) is 0 Å². The Bertz CT molecular complexity index is 255. The lowest BCUT2D eigenvalue weighted by atomic mass is 9.93. The first-order chi connectivity index (χ1) is 6.92. The van der Waals surface area contributed by atoms with Gasteiger partial charge < -0.3 is 10.4 Å². The summed E-state index contributed by atoms with van der Waals surface area (Å²) in [6.45, 7) is 3.90. The van der Waals surface area contributed by atoms with Crippen LogP contribution in [0.25, 0.3) is 0 Å². The van der Waals surface area contributed by atoms with Crippen LogP contribution in [0, 0.1) is 5.41 Å². The van der Waals surface area contributed by atoms with Crippen LogP contribution >= 0.6 is 0 Å². The van der Waals surface area contributed by atoms with Crippen LogP contribution < -0.4 is 5.32 Å². The number of aliphatic carboxylic acids is 1. The fourth-order valence-corrected chi connectivity index (χ4v) is 2.77. The van der Waals surface area contributed by atoms with Crippen LogP contribution in [-0.4, -0.2) is 39.4 Å². The van der Waals surface area contributed by atoms with Gasteiger partial charge in [0.1, 0.15) is 0 Å². The van der Waals surface area contributed by atoms with Gasteiger partial charge in [-0.15, -0.1) is 0 Å². The van der Waals surface area contributed by atoms with Crippen molar-refractivity contribution in [3.05, 3.63) is 0 Å². The fourth-order valence-electron chi connectivity index (χ4n) is 1.47. The molecule has 0 aliphatic carbocycles. The van der Waals surface area contributed by atoms with E-state index < -0.39 is 22.2 Å². The molecule has 0 bridgehead atoms. The lowest BCUT2D eigenvalue weighted by molar-refractivity contribution is -0.146. The second kappa shape index (κ2) is 5.07. The third-order valence-electron chi connectivity index (χ3n) is 2.80. The highest BCUT2D eigenvalue weighted by atomic mass is 32.2. The SMILES string of the molecule is CC(C)(CNC1CCS(=O)CC1)C(=O)O. The predicted molar refractivity (Wildman–Crippen MR) is 60.3 cm³/mol. The molecule has 2 N–H and O–H groups in total. The number of carboxylic acids is 1. The predicted octanol–water partition coefficient (Wildman–Crippen LogP) is 0.598. The summed E-state index contributed by atoms with van der Waals surface area (Å²) in [6.07, 6.45) is 1.78. The number of hydrogen-bond donors (Lipinski definition) is 2. The Morgan fingerprint density at radius 3 is 2.47 bits per heavy atom. The monoisotopic (exact) mass is 233 g/mol. The summed E-state index contributed by atoms with van der Waals surface area (Å²) in [4.78, 5) is 10.9. The van der Waals surface area contributed by atoms with Gasteiger partial charge in [-0.25, -0.2) is 0 Å². The number of rotatable bonds is 4. The van der Waals surface area contributed by atoms with Crippen molar-refractivity contribution in [2.24, 2.45) is 5.41 Å². The van der Waals surface area contributed by atoms with Gasteiger partial charge in [-0.1, -0.05) is 0 Å². The fraction of sp³-hybridized carbons (Fsp3) is 0.900. The standard InChI is InChI=1S/C10H19NO3S/c1-10(2,9(12)13)7-11-8-3-5-15(14)6-4-8/h8,11H,3-7H2,1-2H3,(H,12,13). The maximum atomic E-state index is 11.1. The number of nitrogens with one attached hydrogen (secondary N) is 1. The second-order valence-electron chi connectivity index (χ2n) is 4.69. The highest BCUT2D eigenvalue weighted by Crippen LogP contribution is 2.16. The Kier molecular flexibility index (Phi) is 4.28. The van der Waals surface area contributed by atoms with E-state index in [-0.39, 0.29) is 0 Å². The molecule has 0 aromatic rings. The van der Waals surface area contributed by atoms with Crippen LogP contribution in [0.3, 0.4) is 0 Å². The average Bonchev–Trinajstić information content (AvgIpc) is 2.17. The Morgan fingerprint density at radius 1 is 1.47 bits per heavy atom. The molecule has 0 aromatic heterocycles. The molecule has 0 radical (unpaired) electrons. The molecular formula is C10H19NO3S. The van der Waals surface area contributed by atoms with E-state index in [1.807, 2.05) is 0 Å². The molecule has 1 heterocycles. The molecule has 1 rings (SSSR count). The third kappa shape index (κ3) is 3.91. The summed E-state index contributed by atoms with van der Waals surface area (Å²) in [7, 11) is -0.651. The maximum Gasteiger partial charge on any atom is 0.310 e. The van der Waals surface area contributed by atoms with Gasteiger partial charge in [0.05, 0.1) is 5.41 Å². The van der Waals surface area contributed by atoms with Crippen molar-refractivity contribution in [1.82, 2.24) is 5.32 Å². The summed E-state index contributed by atoms with van der Waals surface area (Å²) in [5.41, 5.74) is -0.726. The summed E-state index contributed by atoms with van der Waals surface area (Å²) in [5, 5.41) is 12.2. The third-order valence-corrected chi connectivity index (χ3v) is 4.18. The van der Waals surface area contributed by atoms with E-state index in [4.69, 9.17) is 5.11 Å². The van der Waals surface area contributed by atoms with Gasteiger partial charge in [-0.3, -0.25) is 9.00 Å². The maximum absolute atomic E-state index is 11.1.